The van der Waals surface area contributed by atoms with E-state index in [2.05, 4.69) is 4.99 Å². The van der Waals surface area contributed by atoms with E-state index in [0.717, 1.165) is 16.0 Å². The lowest BCUT2D eigenvalue weighted by Crippen LogP contribution is -2.20. The molecule has 0 radical (unpaired) electrons. The van der Waals surface area contributed by atoms with Crippen molar-refractivity contribution in [3.8, 4) is 5.75 Å². The minimum absolute atomic E-state index is 0.00211. The van der Waals surface area contributed by atoms with Crippen LogP contribution in [0.1, 0.15) is 19.4 Å². The van der Waals surface area contributed by atoms with Gasteiger partial charge in [0.1, 0.15) is 5.75 Å². The molecule has 9 heteroatoms. The molecule has 0 N–H and O–H groups in total. The van der Waals surface area contributed by atoms with Crippen LogP contribution in [0, 0.1) is 10.1 Å². The van der Waals surface area contributed by atoms with E-state index in [0.29, 0.717) is 36.7 Å². The second-order valence-electron chi connectivity index (χ2n) is 6.40. The van der Waals surface area contributed by atoms with E-state index in [1.165, 1.54) is 23.5 Å². The molecule has 0 aliphatic heterocycles. The van der Waals surface area contributed by atoms with Crippen LogP contribution >= 0.6 is 11.3 Å². The van der Waals surface area contributed by atoms with Crippen molar-refractivity contribution in [3.05, 3.63) is 62.9 Å². The second kappa shape index (κ2) is 10.1. The van der Waals surface area contributed by atoms with Gasteiger partial charge in [0, 0.05) is 25.3 Å². The first-order chi connectivity index (χ1) is 14.5. The summed E-state index contributed by atoms with van der Waals surface area (Å²) in [6.07, 6.45) is 0.159. The third-order valence-corrected chi connectivity index (χ3v) is 5.41. The molecule has 0 aliphatic rings. The van der Waals surface area contributed by atoms with Crippen LogP contribution in [0.5, 0.6) is 5.75 Å². The Hall–Kier alpha value is -3.04. The molecule has 2 aromatic carbocycles. The summed E-state index contributed by atoms with van der Waals surface area (Å²) in [5.41, 5.74) is 1.50. The Kier molecular flexibility index (Phi) is 7.31. The highest BCUT2D eigenvalue weighted by atomic mass is 32.1. The predicted octanol–water partition coefficient (Wildman–Crippen LogP) is 3.72. The Morgan fingerprint density at radius 1 is 1.17 bits per heavy atom. The molecule has 0 saturated heterocycles. The molecular weight excluding hydrogens is 406 g/mol. The Morgan fingerprint density at radius 3 is 2.60 bits per heavy atom. The Bertz CT molecular complexity index is 1100. The predicted molar refractivity (Wildman–Crippen MR) is 115 cm³/mol. The molecule has 0 atom stereocenters. The number of nitro groups is 1. The molecule has 8 nitrogen and oxygen atoms in total. The van der Waals surface area contributed by atoms with Crippen molar-refractivity contribution < 1.29 is 19.2 Å². The number of fused-ring (bicyclic) bond motifs is 1. The van der Waals surface area contributed by atoms with Gasteiger partial charge in [0.2, 0.25) is 0 Å². The molecule has 3 aromatic rings. The number of rotatable bonds is 9. The van der Waals surface area contributed by atoms with Gasteiger partial charge >= 0.3 is 0 Å². The van der Waals surface area contributed by atoms with Gasteiger partial charge in [0.05, 0.1) is 34.8 Å². The minimum Gasteiger partial charge on any atom is -0.494 e. The third-order valence-electron chi connectivity index (χ3n) is 4.35. The van der Waals surface area contributed by atoms with Crippen LogP contribution in [-0.2, 0) is 22.5 Å². The molecule has 30 heavy (non-hydrogen) atoms. The molecule has 1 amide bonds. The zero-order valence-corrected chi connectivity index (χ0v) is 17.7. The van der Waals surface area contributed by atoms with Crippen LogP contribution in [0.3, 0.4) is 0 Å². The van der Waals surface area contributed by atoms with Gasteiger partial charge in [0.15, 0.2) is 4.80 Å². The number of non-ortho nitro benzene ring substituents is 1. The molecule has 0 fully saturated rings. The summed E-state index contributed by atoms with van der Waals surface area (Å²) in [5.74, 6) is 0.468. The highest BCUT2D eigenvalue weighted by Crippen LogP contribution is 2.23. The van der Waals surface area contributed by atoms with Gasteiger partial charge in [-0.15, -0.1) is 0 Å². The van der Waals surface area contributed by atoms with Crippen LogP contribution in [-0.4, -0.2) is 35.2 Å². The number of thiazole rings is 1. The summed E-state index contributed by atoms with van der Waals surface area (Å²) in [6, 6.07) is 12.0. The molecule has 0 aliphatic carbocycles. The largest absolute Gasteiger partial charge is 0.494 e. The Morgan fingerprint density at radius 2 is 1.93 bits per heavy atom. The molecule has 0 saturated carbocycles. The third kappa shape index (κ3) is 5.31. The average molecular weight is 429 g/mol. The smallest absolute Gasteiger partial charge is 0.271 e. The monoisotopic (exact) mass is 429 g/mol. The summed E-state index contributed by atoms with van der Waals surface area (Å²) in [7, 11) is 0. The lowest BCUT2D eigenvalue weighted by Gasteiger charge is -2.05. The highest BCUT2D eigenvalue weighted by molar-refractivity contribution is 7.16. The number of nitrogens with zero attached hydrogens (tertiary/aromatic N) is 3. The number of carbonyl (C=O) groups is 1. The number of aromatic nitrogens is 1. The minimum atomic E-state index is -0.433. The fraction of sp³-hybridized carbons (Fsp3) is 0.333. The van der Waals surface area contributed by atoms with E-state index in [1.54, 1.807) is 10.6 Å². The Labute approximate surface area is 177 Å². The number of hydrogen-bond acceptors (Lipinski definition) is 6. The average Bonchev–Trinajstić information content (AvgIpc) is 3.06. The number of benzene rings is 2. The van der Waals surface area contributed by atoms with E-state index in [4.69, 9.17) is 9.47 Å². The molecule has 3 rings (SSSR count). The van der Waals surface area contributed by atoms with E-state index >= 15 is 0 Å². The van der Waals surface area contributed by atoms with E-state index in [1.807, 2.05) is 38.1 Å². The zero-order valence-electron chi connectivity index (χ0n) is 16.9. The van der Waals surface area contributed by atoms with E-state index < -0.39 is 4.92 Å². The number of carbonyl (C=O) groups excluding carboxylic acids is 1. The van der Waals surface area contributed by atoms with Crippen LogP contribution < -0.4 is 9.54 Å². The maximum absolute atomic E-state index is 12.6. The number of nitro benzene ring substituents is 1. The van der Waals surface area contributed by atoms with Gasteiger partial charge in [-0.2, -0.15) is 4.99 Å². The summed E-state index contributed by atoms with van der Waals surface area (Å²) in [6.45, 7) is 5.82. The van der Waals surface area contributed by atoms with E-state index in [-0.39, 0.29) is 18.0 Å². The second-order valence-corrected chi connectivity index (χ2v) is 7.41. The molecule has 158 valence electrons. The summed E-state index contributed by atoms with van der Waals surface area (Å²) in [4.78, 5) is 28.1. The van der Waals surface area contributed by atoms with Crippen molar-refractivity contribution in [2.75, 3.05) is 19.8 Å². The van der Waals surface area contributed by atoms with Crippen molar-refractivity contribution in [3.63, 3.8) is 0 Å². The molecule has 0 bridgehead atoms. The number of amides is 1. The fourth-order valence-corrected chi connectivity index (χ4v) is 4.02. The molecule has 1 aromatic heterocycles. The first-order valence-corrected chi connectivity index (χ1v) is 10.5. The van der Waals surface area contributed by atoms with Crippen molar-refractivity contribution >= 4 is 33.1 Å². The number of hydrogen-bond donors (Lipinski definition) is 0. The van der Waals surface area contributed by atoms with Crippen LogP contribution in [0.25, 0.3) is 10.2 Å². The van der Waals surface area contributed by atoms with Crippen LogP contribution in [0.2, 0.25) is 0 Å². The fourth-order valence-electron chi connectivity index (χ4n) is 2.96. The van der Waals surface area contributed by atoms with Crippen LogP contribution in [0.15, 0.2) is 47.5 Å². The molecule has 0 unspecified atom stereocenters. The lowest BCUT2D eigenvalue weighted by molar-refractivity contribution is -0.384. The quantitative estimate of drug-likeness (QED) is 0.293. The first-order valence-electron chi connectivity index (χ1n) is 9.66. The standard InChI is InChI=1S/C21H23N3O5S/c1-3-28-12-11-23-18-14-16(24(26)27)7-10-19(18)30-21(23)22-20(25)13-15-5-8-17(9-6-15)29-4-2/h5-10,14H,3-4,11-13H2,1-2H3. The maximum Gasteiger partial charge on any atom is 0.271 e. The molecule has 1 heterocycles. The van der Waals surface area contributed by atoms with Crippen LogP contribution in [0.4, 0.5) is 5.69 Å². The van der Waals surface area contributed by atoms with Gasteiger partial charge < -0.3 is 14.0 Å². The van der Waals surface area contributed by atoms with Gasteiger partial charge in [-0.25, -0.2) is 0 Å². The number of ether oxygens (including phenoxy) is 2. The topological polar surface area (TPSA) is 96.0 Å². The zero-order chi connectivity index (χ0) is 21.5. The highest BCUT2D eigenvalue weighted by Gasteiger charge is 2.13. The van der Waals surface area contributed by atoms with Crippen molar-refractivity contribution in [2.24, 2.45) is 4.99 Å². The summed E-state index contributed by atoms with van der Waals surface area (Å²) < 4.78 is 13.5. The SMILES string of the molecule is CCOCCn1c(=NC(=O)Cc2ccc(OCC)cc2)sc2ccc([N+](=O)[O-])cc21. The van der Waals surface area contributed by atoms with Crippen molar-refractivity contribution in [1.29, 1.82) is 0 Å². The molecular formula is C21H23N3O5S. The van der Waals surface area contributed by atoms with Crippen molar-refractivity contribution in [2.45, 2.75) is 26.8 Å². The van der Waals surface area contributed by atoms with Gasteiger partial charge in [-0.3, -0.25) is 14.9 Å². The summed E-state index contributed by atoms with van der Waals surface area (Å²) in [5, 5.41) is 11.2. The van der Waals surface area contributed by atoms with Gasteiger partial charge in [-0.05, 0) is 37.6 Å². The van der Waals surface area contributed by atoms with Gasteiger partial charge in [0.25, 0.3) is 11.6 Å². The normalized spacial score (nSPS) is 11.7. The van der Waals surface area contributed by atoms with Crippen molar-refractivity contribution in [1.82, 2.24) is 4.57 Å². The Balaban J connectivity index is 1.91. The maximum atomic E-state index is 12.6. The lowest BCUT2D eigenvalue weighted by atomic mass is 10.1. The van der Waals surface area contributed by atoms with Gasteiger partial charge in [-0.1, -0.05) is 23.5 Å². The summed E-state index contributed by atoms with van der Waals surface area (Å²) >= 11 is 1.33. The molecule has 0 spiro atoms. The van der Waals surface area contributed by atoms with E-state index in [9.17, 15) is 14.9 Å². The first kappa shape index (κ1) is 21.7.